The molecule has 3 rings (SSSR count). The van der Waals surface area contributed by atoms with Crippen LogP contribution in [0.15, 0.2) is 89.8 Å². The topological polar surface area (TPSA) is 96.0 Å². The van der Waals surface area contributed by atoms with Crippen LogP contribution in [0.2, 0.25) is 0 Å². The van der Waals surface area contributed by atoms with Gasteiger partial charge in [0.25, 0.3) is 10.0 Å². The minimum atomic E-state index is -4.17. The van der Waals surface area contributed by atoms with Crippen LogP contribution in [-0.4, -0.2) is 50.4 Å². The Morgan fingerprint density at radius 2 is 1.45 bits per heavy atom. The fourth-order valence-corrected chi connectivity index (χ4v) is 5.76. The fraction of sp³-hybridized carbons (Fsp3) is 0.355. The summed E-state index contributed by atoms with van der Waals surface area (Å²) < 4.78 is 34.8. The summed E-state index contributed by atoms with van der Waals surface area (Å²) in [5.74, 6) is -0.428. The van der Waals surface area contributed by atoms with Crippen molar-refractivity contribution in [1.82, 2.24) is 10.2 Å². The molecule has 0 aliphatic heterocycles. The Kier molecular flexibility index (Phi) is 11.1. The van der Waals surface area contributed by atoms with Gasteiger partial charge in [-0.3, -0.25) is 13.9 Å². The molecule has 9 heteroatoms. The van der Waals surface area contributed by atoms with Crippen LogP contribution in [-0.2, 0) is 26.2 Å². The fourth-order valence-electron chi connectivity index (χ4n) is 4.31. The molecule has 0 saturated carbocycles. The largest absolute Gasteiger partial charge is 0.492 e. The third-order valence-corrected chi connectivity index (χ3v) is 8.40. The molecule has 2 amide bonds. The molecule has 0 saturated heterocycles. The molecule has 0 aliphatic carbocycles. The SMILES string of the molecule is CCOc1ccccc1N(CC(=O)N(Cc1ccccc1)[C@@H](CC)C(=O)N[C@@H](C)CC)S(=O)(=O)c1ccccc1. The number of anilines is 1. The van der Waals surface area contributed by atoms with E-state index in [9.17, 15) is 18.0 Å². The summed E-state index contributed by atoms with van der Waals surface area (Å²) in [6.45, 7) is 7.49. The van der Waals surface area contributed by atoms with Gasteiger partial charge in [-0.15, -0.1) is 0 Å². The smallest absolute Gasteiger partial charge is 0.264 e. The number of nitrogens with zero attached hydrogens (tertiary/aromatic N) is 2. The van der Waals surface area contributed by atoms with Crippen molar-refractivity contribution < 1.29 is 22.7 Å². The standard InChI is InChI=1S/C31H39N3O5S/c1-5-24(4)32-31(36)27(6-2)33(22-25-16-10-8-11-17-25)30(35)23-34(28-20-14-15-21-29(28)39-7-3)40(37,38)26-18-12-9-13-19-26/h8-21,24,27H,5-7,22-23H2,1-4H3,(H,32,36)/t24-,27-/m0/s1. The first-order chi connectivity index (χ1) is 19.2. The summed E-state index contributed by atoms with van der Waals surface area (Å²) in [6.07, 6.45) is 1.11. The van der Waals surface area contributed by atoms with Gasteiger partial charge in [-0.1, -0.05) is 74.5 Å². The predicted molar refractivity (Wildman–Crippen MR) is 158 cm³/mol. The highest BCUT2D eigenvalue weighted by Crippen LogP contribution is 2.33. The molecular weight excluding hydrogens is 526 g/mol. The molecule has 0 unspecified atom stereocenters. The van der Waals surface area contributed by atoms with Crippen LogP contribution in [0.1, 0.15) is 46.1 Å². The van der Waals surface area contributed by atoms with Crippen LogP contribution in [0, 0.1) is 0 Å². The quantitative estimate of drug-likeness (QED) is 0.297. The normalized spacial score (nSPS) is 12.7. The Hall–Kier alpha value is -3.85. The molecule has 2 atom stereocenters. The molecule has 214 valence electrons. The molecule has 40 heavy (non-hydrogen) atoms. The maximum atomic E-state index is 14.1. The van der Waals surface area contributed by atoms with E-state index in [4.69, 9.17) is 4.74 Å². The average molecular weight is 566 g/mol. The van der Waals surface area contributed by atoms with Gasteiger partial charge in [-0.05, 0) is 56.5 Å². The molecule has 8 nitrogen and oxygen atoms in total. The number of hydrogen-bond donors (Lipinski definition) is 1. The number of rotatable bonds is 14. The van der Waals surface area contributed by atoms with E-state index in [1.54, 1.807) is 49.4 Å². The lowest BCUT2D eigenvalue weighted by Crippen LogP contribution is -2.53. The van der Waals surface area contributed by atoms with Crippen molar-refractivity contribution in [1.29, 1.82) is 0 Å². The Morgan fingerprint density at radius 3 is 2.05 bits per heavy atom. The second-order valence-electron chi connectivity index (χ2n) is 9.47. The van der Waals surface area contributed by atoms with Crippen LogP contribution in [0.25, 0.3) is 0 Å². The van der Waals surface area contributed by atoms with Crippen molar-refractivity contribution in [2.45, 2.75) is 64.1 Å². The van der Waals surface area contributed by atoms with E-state index in [2.05, 4.69) is 5.32 Å². The van der Waals surface area contributed by atoms with Crippen molar-refractivity contribution >= 4 is 27.5 Å². The summed E-state index contributed by atoms with van der Waals surface area (Å²) in [4.78, 5) is 29.0. The minimum absolute atomic E-state index is 0.0465. The van der Waals surface area contributed by atoms with Gasteiger partial charge in [-0.25, -0.2) is 8.42 Å². The first-order valence-electron chi connectivity index (χ1n) is 13.7. The molecule has 3 aromatic rings. The molecule has 0 aromatic heterocycles. The maximum Gasteiger partial charge on any atom is 0.264 e. The van der Waals surface area contributed by atoms with Crippen LogP contribution in [0.4, 0.5) is 5.69 Å². The number of nitrogens with one attached hydrogen (secondary N) is 1. The number of benzene rings is 3. The van der Waals surface area contributed by atoms with Gasteiger partial charge in [0.05, 0.1) is 17.2 Å². The molecule has 0 aliphatic rings. The van der Waals surface area contributed by atoms with Crippen molar-refractivity contribution in [3.63, 3.8) is 0 Å². The van der Waals surface area contributed by atoms with Gasteiger partial charge >= 0.3 is 0 Å². The zero-order valence-electron chi connectivity index (χ0n) is 23.6. The first-order valence-corrected chi connectivity index (χ1v) is 15.1. The van der Waals surface area contributed by atoms with Gasteiger partial charge in [0.1, 0.15) is 18.3 Å². The molecular formula is C31H39N3O5S. The summed E-state index contributed by atoms with van der Waals surface area (Å²) in [5, 5.41) is 2.98. The van der Waals surface area contributed by atoms with Crippen LogP contribution in [0.5, 0.6) is 5.75 Å². The Balaban J connectivity index is 2.08. The third kappa shape index (κ3) is 7.63. The van der Waals surface area contributed by atoms with Gasteiger partial charge in [0.2, 0.25) is 11.8 Å². The number of sulfonamides is 1. The maximum absolute atomic E-state index is 14.1. The number of carbonyl (C=O) groups is 2. The second kappa shape index (κ2) is 14.5. The molecule has 0 spiro atoms. The van der Waals surface area contributed by atoms with Gasteiger partial charge in [0.15, 0.2) is 0 Å². The van der Waals surface area contributed by atoms with Crippen LogP contribution < -0.4 is 14.4 Å². The van der Waals surface area contributed by atoms with Gasteiger partial charge in [0, 0.05) is 12.6 Å². The van der Waals surface area contributed by atoms with E-state index >= 15 is 0 Å². The minimum Gasteiger partial charge on any atom is -0.492 e. The molecule has 3 aromatic carbocycles. The number of amides is 2. The average Bonchev–Trinajstić information content (AvgIpc) is 2.97. The third-order valence-electron chi connectivity index (χ3n) is 6.63. The summed E-state index contributed by atoms with van der Waals surface area (Å²) in [7, 11) is -4.17. The van der Waals surface area contributed by atoms with Gasteiger partial charge in [-0.2, -0.15) is 0 Å². The lowest BCUT2D eigenvalue weighted by Gasteiger charge is -2.34. The monoisotopic (exact) mass is 565 g/mol. The first kappa shape index (κ1) is 30.7. The van der Waals surface area contributed by atoms with Crippen molar-refractivity contribution in [3.05, 3.63) is 90.5 Å². The van der Waals surface area contributed by atoms with Crippen molar-refractivity contribution in [3.8, 4) is 5.75 Å². The molecule has 0 heterocycles. The number of carbonyl (C=O) groups excluding carboxylic acids is 2. The van der Waals surface area contributed by atoms with E-state index in [0.29, 0.717) is 18.8 Å². The highest BCUT2D eigenvalue weighted by Gasteiger charge is 2.34. The van der Waals surface area contributed by atoms with Gasteiger partial charge < -0.3 is 15.0 Å². The van der Waals surface area contributed by atoms with E-state index in [0.717, 1.165) is 16.3 Å². The van der Waals surface area contributed by atoms with Crippen LogP contribution in [0.3, 0.4) is 0 Å². The number of hydrogen-bond acceptors (Lipinski definition) is 5. The molecule has 0 radical (unpaired) electrons. The molecule has 0 bridgehead atoms. The summed E-state index contributed by atoms with van der Waals surface area (Å²) >= 11 is 0. The highest BCUT2D eigenvalue weighted by atomic mass is 32.2. The van der Waals surface area contributed by atoms with E-state index < -0.39 is 28.5 Å². The van der Waals surface area contributed by atoms with Crippen molar-refractivity contribution in [2.24, 2.45) is 0 Å². The molecule has 0 fully saturated rings. The lowest BCUT2D eigenvalue weighted by atomic mass is 10.1. The van der Waals surface area contributed by atoms with E-state index in [1.807, 2.05) is 51.1 Å². The number of ether oxygens (including phenoxy) is 1. The Morgan fingerprint density at radius 1 is 0.850 bits per heavy atom. The Labute approximate surface area is 238 Å². The highest BCUT2D eigenvalue weighted by molar-refractivity contribution is 7.92. The van der Waals surface area contributed by atoms with Crippen LogP contribution >= 0.6 is 0 Å². The zero-order valence-corrected chi connectivity index (χ0v) is 24.4. The van der Waals surface area contributed by atoms with E-state index in [-0.39, 0.29) is 29.1 Å². The summed E-state index contributed by atoms with van der Waals surface area (Å²) in [6, 6.07) is 23.2. The Bertz CT molecular complexity index is 1350. The predicted octanol–water partition coefficient (Wildman–Crippen LogP) is 5.00. The zero-order chi connectivity index (χ0) is 29.1. The van der Waals surface area contributed by atoms with Crippen molar-refractivity contribution in [2.75, 3.05) is 17.5 Å². The second-order valence-corrected chi connectivity index (χ2v) is 11.3. The lowest BCUT2D eigenvalue weighted by molar-refractivity contribution is -0.140. The summed E-state index contributed by atoms with van der Waals surface area (Å²) in [5.41, 5.74) is 1.08. The van der Waals surface area contributed by atoms with E-state index in [1.165, 1.54) is 17.0 Å². The molecule has 1 N–H and O–H groups in total. The number of para-hydroxylation sites is 2.